The van der Waals surface area contributed by atoms with Crippen molar-refractivity contribution in [2.45, 2.75) is 32.8 Å². The van der Waals surface area contributed by atoms with Crippen molar-refractivity contribution in [3.05, 3.63) is 41.5 Å². The molecule has 6 nitrogen and oxygen atoms in total. The molecule has 0 saturated carbocycles. The average Bonchev–Trinajstić information content (AvgIpc) is 2.94. The summed E-state index contributed by atoms with van der Waals surface area (Å²) in [6, 6.07) is 6.64. The van der Waals surface area contributed by atoms with Crippen LogP contribution in [-0.2, 0) is 16.8 Å². The molecule has 0 saturated heterocycles. The maximum Gasteiger partial charge on any atom is 0.337 e. The lowest BCUT2D eigenvalue weighted by molar-refractivity contribution is 0.0600. The summed E-state index contributed by atoms with van der Waals surface area (Å²) in [4.78, 5) is 15.6. The molecule has 0 amide bonds. The zero-order valence-electron chi connectivity index (χ0n) is 12.5. The van der Waals surface area contributed by atoms with Gasteiger partial charge in [0.05, 0.1) is 12.7 Å². The summed E-state index contributed by atoms with van der Waals surface area (Å²) in [5, 5.41) is 3.92. The van der Waals surface area contributed by atoms with E-state index in [4.69, 9.17) is 9.26 Å². The lowest BCUT2D eigenvalue weighted by Crippen LogP contribution is -2.13. The van der Waals surface area contributed by atoms with E-state index in [0.29, 0.717) is 23.0 Å². The van der Waals surface area contributed by atoms with Gasteiger partial charge >= 0.3 is 5.97 Å². The minimum absolute atomic E-state index is 0.163. The number of rotatable bonds is 4. The molecule has 0 fully saturated rings. The fourth-order valence-electron chi connectivity index (χ4n) is 1.57. The maximum absolute atomic E-state index is 11.3. The number of nitrogens with zero attached hydrogens (tertiary/aromatic N) is 2. The van der Waals surface area contributed by atoms with Gasteiger partial charge in [0, 0.05) is 5.41 Å². The Hall–Kier alpha value is -2.37. The van der Waals surface area contributed by atoms with Crippen molar-refractivity contribution in [1.29, 1.82) is 0 Å². The summed E-state index contributed by atoms with van der Waals surface area (Å²) in [6.07, 6.45) is 0. The molecule has 21 heavy (non-hydrogen) atoms. The first kappa shape index (κ1) is 15.0. The van der Waals surface area contributed by atoms with Crippen LogP contribution >= 0.6 is 0 Å². The van der Waals surface area contributed by atoms with Gasteiger partial charge in [-0.15, -0.1) is 0 Å². The highest BCUT2D eigenvalue weighted by atomic mass is 16.5. The highest BCUT2D eigenvalue weighted by Crippen LogP contribution is 2.19. The van der Waals surface area contributed by atoms with Crippen molar-refractivity contribution in [2.24, 2.45) is 0 Å². The van der Waals surface area contributed by atoms with Crippen molar-refractivity contribution in [3.8, 4) is 5.75 Å². The van der Waals surface area contributed by atoms with Crippen LogP contribution in [0.5, 0.6) is 5.75 Å². The maximum atomic E-state index is 11.3. The molecule has 0 radical (unpaired) electrons. The van der Waals surface area contributed by atoms with E-state index in [2.05, 4.69) is 14.9 Å². The molecule has 112 valence electrons. The molecule has 0 bridgehead atoms. The smallest absolute Gasteiger partial charge is 0.337 e. The van der Waals surface area contributed by atoms with E-state index < -0.39 is 0 Å². The molecular formula is C15H18N2O4. The van der Waals surface area contributed by atoms with Crippen LogP contribution in [0.1, 0.15) is 42.8 Å². The number of methoxy groups -OCH3 is 1. The normalized spacial score (nSPS) is 11.2. The average molecular weight is 290 g/mol. The number of ether oxygens (including phenoxy) is 2. The van der Waals surface area contributed by atoms with Gasteiger partial charge in [0.2, 0.25) is 0 Å². The number of hydrogen-bond acceptors (Lipinski definition) is 6. The fraction of sp³-hybridized carbons (Fsp3) is 0.400. The van der Waals surface area contributed by atoms with Gasteiger partial charge in [-0.1, -0.05) is 25.9 Å². The number of carbonyl (C=O) groups excluding carboxylic acids is 1. The van der Waals surface area contributed by atoms with Gasteiger partial charge < -0.3 is 14.0 Å². The van der Waals surface area contributed by atoms with Crippen LogP contribution in [0.15, 0.2) is 28.8 Å². The van der Waals surface area contributed by atoms with Gasteiger partial charge in [0.1, 0.15) is 5.75 Å². The lowest BCUT2D eigenvalue weighted by atomic mass is 9.96. The molecule has 0 aliphatic rings. The third-order valence-corrected chi connectivity index (χ3v) is 2.78. The summed E-state index contributed by atoms with van der Waals surface area (Å²) in [5.74, 6) is 1.28. The molecular weight excluding hydrogens is 272 g/mol. The van der Waals surface area contributed by atoms with Gasteiger partial charge in [-0.3, -0.25) is 0 Å². The molecule has 0 unspecified atom stereocenters. The van der Waals surface area contributed by atoms with Crippen molar-refractivity contribution in [3.63, 3.8) is 0 Å². The second kappa shape index (κ2) is 5.95. The summed E-state index contributed by atoms with van der Waals surface area (Å²) in [6.45, 7) is 6.21. The van der Waals surface area contributed by atoms with E-state index in [9.17, 15) is 4.79 Å². The van der Waals surface area contributed by atoms with Crippen molar-refractivity contribution in [2.75, 3.05) is 7.11 Å². The largest absolute Gasteiger partial charge is 0.484 e. The predicted molar refractivity (Wildman–Crippen MR) is 75.1 cm³/mol. The summed E-state index contributed by atoms with van der Waals surface area (Å²) in [7, 11) is 1.34. The van der Waals surface area contributed by atoms with Crippen LogP contribution in [0.3, 0.4) is 0 Å². The molecule has 0 aliphatic carbocycles. The van der Waals surface area contributed by atoms with E-state index in [1.165, 1.54) is 7.11 Å². The van der Waals surface area contributed by atoms with Gasteiger partial charge in [0.15, 0.2) is 12.4 Å². The van der Waals surface area contributed by atoms with Crippen molar-refractivity contribution in [1.82, 2.24) is 10.1 Å². The number of hydrogen-bond donors (Lipinski definition) is 0. The third-order valence-electron chi connectivity index (χ3n) is 2.78. The molecule has 0 spiro atoms. The molecule has 0 N–H and O–H groups in total. The minimum atomic E-state index is -0.381. The minimum Gasteiger partial charge on any atom is -0.484 e. The van der Waals surface area contributed by atoms with E-state index >= 15 is 0 Å². The molecule has 1 heterocycles. The quantitative estimate of drug-likeness (QED) is 0.806. The number of benzene rings is 1. The van der Waals surface area contributed by atoms with Gasteiger partial charge in [-0.05, 0) is 24.3 Å². The van der Waals surface area contributed by atoms with Crippen LogP contribution in [0.25, 0.3) is 0 Å². The zero-order valence-corrected chi connectivity index (χ0v) is 12.5. The Labute approximate surface area is 123 Å². The molecule has 6 heteroatoms. The predicted octanol–water partition coefficient (Wildman–Crippen LogP) is 2.73. The van der Waals surface area contributed by atoms with Crippen molar-refractivity contribution < 1.29 is 18.8 Å². The SMILES string of the molecule is COC(=O)c1ccc(OCc2nc(C(C)(C)C)no2)cc1. The Morgan fingerprint density at radius 3 is 2.43 bits per heavy atom. The molecule has 0 aliphatic heterocycles. The topological polar surface area (TPSA) is 74.5 Å². The van der Waals surface area contributed by atoms with E-state index in [1.54, 1.807) is 24.3 Å². The van der Waals surface area contributed by atoms with Crippen molar-refractivity contribution >= 4 is 5.97 Å². The first-order valence-electron chi connectivity index (χ1n) is 6.54. The monoisotopic (exact) mass is 290 g/mol. The van der Waals surface area contributed by atoms with E-state index in [0.717, 1.165) is 0 Å². The molecule has 1 aromatic carbocycles. The zero-order chi connectivity index (χ0) is 15.5. The highest BCUT2D eigenvalue weighted by Gasteiger charge is 2.21. The Balaban J connectivity index is 1.97. The second-order valence-electron chi connectivity index (χ2n) is 5.57. The van der Waals surface area contributed by atoms with Crippen LogP contribution < -0.4 is 4.74 Å². The van der Waals surface area contributed by atoms with Gasteiger partial charge in [0.25, 0.3) is 5.89 Å². The molecule has 2 aromatic rings. The van der Waals surface area contributed by atoms with Crippen LogP contribution in [0.4, 0.5) is 0 Å². The summed E-state index contributed by atoms with van der Waals surface area (Å²) in [5.41, 5.74) is 0.307. The molecule has 0 atom stereocenters. The van der Waals surface area contributed by atoms with Crippen LogP contribution in [-0.4, -0.2) is 23.2 Å². The molecule has 1 aromatic heterocycles. The van der Waals surface area contributed by atoms with E-state index in [-0.39, 0.29) is 18.0 Å². The van der Waals surface area contributed by atoms with E-state index in [1.807, 2.05) is 20.8 Å². The lowest BCUT2D eigenvalue weighted by Gasteiger charge is -2.10. The Morgan fingerprint density at radius 1 is 1.24 bits per heavy atom. The highest BCUT2D eigenvalue weighted by molar-refractivity contribution is 5.89. The van der Waals surface area contributed by atoms with Crippen LogP contribution in [0, 0.1) is 0 Å². The van der Waals surface area contributed by atoms with Gasteiger partial charge in [-0.2, -0.15) is 4.98 Å². The Kier molecular flexibility index (Phi) is 4.26. The third kappa shape index (κ3) is 3.81. The second-order valence-corrected chi connectivity index (χ2v) is 5.57. The fourth-order valence-corrected chi connectivity index (χ4v) is 1.57. The molecule has 2 rings (SSSR count). The van der Waals surface area contributed by atoms with Gasteiger partial charge in [-0.25, -0.2) is 4.79 Å². The first-order valence-corrected chi connectivity index (χ1v) is 6.54. The Bertz CT molecular complexity index is 611. The number of esters is 1. The number of carbonyl (C=O) groups is 1. The standard InChI is InChI=1S/C15H18N2O4/c1-15(2,3)14-16-12(21-17-14)9-20-11-7-5-10(6-8-11)13(18)19-4/h5-8H,9H2,1-4H3. The number of aromatic nitrogens is 2. The Morgan fingerprint density at radius 2 is 1.90 bits per heavy atom. The van der Waals surface area contributed by atoms with Crippen LogP contribution in [0.2, 0.25) is 0 Å². The first-order chi connectivity index (χ1) is 9.90. The summed E-state index contributed by atoms with van der Waals surface area (Å²) >= 11 is 0. The summed E-state index contributed by atoms with van der Waals surface area (Å²) < 4.78 is 15.3.